The zero-order chi connectivity index (χ0) is 37.5. The topological polar surface area (TPSA) is 56.7 Å². The molecule has 0 aliphatic rings. The monoisotopic (exact) mass is 746 g/mol. The molecule has 12 rings (SSSR count). The van der Waals surface area contributed by atoms with Crippen LogP contribution in [0.5, 0.6) is 0 Å². The lowest BCUT2D eigenvalue weighted by Gasteiger charge is -2.09. The van der Waals surface area contributed by atoms with E-state index < -0.39 is 0 Å². The van der Waals surface area contributed by atoms with E-state index in [4.69, 9.17) is 19.4 Å². The van der Waals surface area contributed by atoms with E-state index in [9.17, 15) is 0 Å². The number of fused-ring (bicyclic) bond motifs is 9. The quantitative estimate of drug-likeness (QED) is 0.176. The van der Waals surface area contributed by atoms with Crippen molar-refractivity contribution in [2.24, 2.45) is 0 Å². The van der Waals surface area contributed by atoms with Crippen LogP contribution in [0.25, 0.3) is 115 Å². The molecule has 266 valence electrons. The van der Waals surface area contributed by atoms with Crippen LogP contribution < -0.4 is 0 Å². The summed E-state index contributed by atoms with van der Waals surface area (Å²) in [6, 6.07) is 63.9. The largest absolute Gasteiger partial charge is 0.456 e. The van der Waals surface area contributed by atoms with Crippen LogP contribution in [0.3, 0.4) is 0 Å². The molecule has 0 spiro atoms. The van der Waals surface area contributed by atoms with Crippen molar-refractivity contribution in [3.63, 3.8) is 0 Å². The molecule has 0 amide bonds. The van der Waals surface area contributed by atoms with Crippen molar-refractivity contribution in [2.75, 3.05) is 0 Å². The van der Waals surface area contributed by atoms with Gasteiger partial charge in [-0.05, 0) is 83.9 Å². The third-order valence-electron chi connectivity index (χ3n) is 11.1. The Labute approximate surface area is 330 Å². The zero-order valence-electron chi connectivity index (χ0n) is 30.4. The summed E-state index contributed by atoms with van der Waals surface area (Å²) in [5.74, 6) is 1.90. The third kappa shape index (κ3) is 5.12. The van der Waals surface area contributed by atoms with Gasteiger partial charge in [-0.25, -0.2) is 15.0 Å². The first-order valence-corrected chi connectivity index (χ1v) is 19.8. The van der Waals surface area contributed by atoms with Gasteiger partial charge in [-0.15, -0.1) is 11.3 Å². The molecule has 0 radical (unpaired) electrons. The Bertz CT molecular complexity index is 3530. The minimum atomic E-state index is 0.615. The minimum absolute atomic E-state index is 0.615. The Balaban J connectivity index is 1.01. The van der Waals surface area contributed by atoms with Gasteiger partial charge >= 0.3 is 0 Å². The number of aromatic nitrogens is 4. The van der Waals surface area contributed by atoms with E-state index in [0.717, 1.165) is 55.4 Å². The molecule has 0 aliphatic carbocycles. The van der Waals surface area contributed by atoms with E-state index in [1.54, 1.807) is 11.3 Å². The number of hydrogen-bond donors (Lipinski definition) is 0. The van der Waals surface area contributed by atoms with Crippen LogP contribution >= 0.6 is 11.3 Å². The maximum absolute atomic E-state index is 6.42. The Kier molecular flexibility index (Phi) is 7.03. The van der Waals surface area contributed by atoms with Crippen molar-refractivity contribution in [1.82, 2.24) is 19.5 Å². The van der Waals surface area contributed by atoms with Gasteiger partial charge in [0.15, 0.2) is 17.5 Å². The average molecular weight is 747 g/mol. The summed E-state index contributed by atoms with van der Waals surface area (Å²) < 4.78 is 11.2. The van der Waals surface area contributed by atoms with Crippen molar-refractivity contribution < 1.29 is 4.42 Å². The lowest BCUT2D eigenvalue weighted by atomic mass is 10.00. The molecule has 8 aromatic carbocycles. The fourth-order valence-electron chi connectivity index (χ4n) is 8.37. The Morgan fingerprint density at radius 2 is 0.965 bits per heavy atom. The molecule has 0 fully saturated rings. The summed E-state index contributed by atoms with van der Waals surface area (Å²) in [5.41, 5.74) is 10.3. The highest BCUT2D eigenvalue weighted by molar-refractivity contribution is 7.26. The van der Waals surface area contributed by atoms with E-state index >= 15 is 0 Å². The van der Waals surface area contributed by atoms with Crippen LogP contribution in [0.1, 0.15) is 0 Å². The van der Waals surface area contributed by atoms with Crippen LogP contribution in [0.15, 0.2) is 186 Å². The van der Waals surface area contributed by atoms with Crippen LogP contribution in [0.2, 0.25) is 0 Å². The summed E-state index contributed by atoms with van der Waals surface area (Å²) in [7, 11) is 0. The summed E-state index contributed by atoms with van der Waals surface area (Å²) in [6.07, 6.45) is 0. The SMILES string of the molecule is c1ccc(-c2nc(-c3ccc4oc5ccc(-c6ccc7c(c6)c6ccccc6n7-c6ccccc6)cc5c4c3)nc(-c3cccc4c3sc3ccccc34)n2)cc1. The lowest BCUT2D eigenvalue weighted by Crippen LogP contribution is -2.00. The molecule has 0 saturated heterocycles. The number of hydrogen-bond acceptors (Lipinski definition) is 5. The fraction of sp³-hybridized carbons (Fsp3) is 0. The van der Waals surface area contributed by atoms with Gasteiger partial charge in [0.25, 0.3) is 0 Å². The van der Waals surface area contributed by atoms with Gasteiger partial charge in [0.05, 0.1) is 11.0 Å². The first kappa shape index (κ1) is 31.9. The molecule has 6 heteroatoms. The number of thiophene rings is 1. The molecule has 0 bridgehead atoms. The number of benzene rings is 8. The highest BCUT2D eigenvalue weighted by Gasteiger charge is 2.19. The van der Waals surface area contributed by atoms with Crippen LogP contribution in [-0.4, -0.2) is 19.5 Å². The highest BCUT2D eigenvalue weighted by Crippen LogP contribution is 2.41. The second-order valence-electron chi connectivity index (χ2n) is 14.4. The number of nitrogens with zero attached hydrogens (tertiary/aromatic N) is 4. The van der Waals surface area contributed by atoms with Crippen molar-refractivity contribution >= 4 is 75.3 Å². The molecule has 4 heterocycles. The molecule has 0 saturated carbocycles. The van der Waals surface area contributed by atoms with E-state index in [2.05, 4.69) is 150 Å². The molecule has 0 N–H and O–H groups in total. The molecule has 57 heavy (non-hydrogen) atoms. The Morgan fingerprint density at radius 1 is 0.386 bits per heavy atom. The summed E-state index contributed by atoms with van der Waals surface area (Å²) in [6.45, 7) is 0. The summed E-state index contributed by atoms with van der Waals surface area (Å²) in [5, 5.41) is 6.96. The molecule has 12 aromatic rings. The summed E-state index contributed by atoms with van der Waals surface area (Å²) >= 11 is 1.78. The third-order valence-corrected chi connectivity index (χ3v) is 12.3. The van der Waals surface area contributed by atoms with E-state index in [0.29, 0.717) is 17.5 Å². The maximum atomic E-state index is 6.42. The molecule has 0 unspecified atom stereocenters. The standard InChI is InChI=1S/C51H30N4OS/c1-3-12-31(13-4-1)49-52-50(54-51(53-49)39-19-11-18-38-37-17-8-10-21-47(37)57-48(38)39)34-24-27-46-42(30-34)41-29-33(23-26-45(41)56-46)32-22-25-44-40(28-32)36-16-7-9-20-43(36)55(44)35-14-5-2-6-15-35/h1-30H. The second kappa shape index (κ2) is 12.6. The zero-order valence-corrected chi connectivity index (χ0v) is 31.2. The molecular formula is C51H30N4OS. The second-order valence-corrected chi connectivity index (χ2v) is 15.4. The molecule has 0 atom stereocenters. The fourth-order valence-corrected chi connectivity index (χ4v) is 9.58. The van der Waals surface area contributed by atoms with Crippen LogP contribution in [0.4, 0.5) is 0 Å². The first-order valence-electron chi connectivity index (χ1n) is 19.0. The van der Waals surface area contributed by atoms with Crippen LogP contribution in [0, 0.1) is 0 Å². The first-order chi connectivity index (χ1) is 28.2. The Morgan fingerprint density at radius 3 is 1.77 bits per heavy atom. The van der Waals surface area contributed by atoms with Gasteiger partial charge < -0.3 is 8.98 Å². The predicted molar refractivity (Wildman–Crippen MR) is 236 cm³/mol. The normalized spacial score (nSPS) is 11.9. The number of rotatable bonds is 5. The number of para-hydroxylation sites is 2. The minimum Gasteiger partial charge on any atom is -0.456 e. The highest BCUT2D eigenvalue weighted by atomic mass is 32.1. The average Bonchev–Trinajstić information content (AvgIpc) is 3.95. The molecule has 0 aliphatic heterocycles. The van der Waals surface area contributed by atoms with Gasteiger partial charge in [0.2, 0.25) is 0 Å². The van der Waals surface area contributed by atoms with Gasteiger partial charge in [-0.3, -0.25) is 0 Å². The van der Waals surface area contributed by atoms with E-state index in [1.165, 1.54) is 42.0 Å². The van der Waals surface area contributed by atoms with Crippen molar-refractivity contribution in [2.45, 2.75) is 0 Å². The molecule has 5 nitrogen and oxygen atoms in total. The van der Waals surface area contributed by atoms with E-state index in [-0.39, 0.29) is 0 Å². The van der Waals surface area contributed by atoms with Gasteiger partial charge in [0, 0.05) is 64.1 Å². The van der Waals surface area contributed by atoms with Gasteiger partial charge in [-0.2, -0.15) is 0 Å². The smallest absolute Gasteiger partial charge is 0.165 e. The lowest BCUT2D eigenvalue weighted by molar-refractivity contribution is 0.669. The number of furan rings is 1. The maximum Gasteiger partial charge on any atom is 0.165 e. The molecule has 4 aromatic heterocycles. The van der Waals surface area contributed by atoms with Crippen molar-refractivity contribution in [3.8, 4) is 51.0 Å². The van der Waals surface area contributed by atoms with Crippen molar-refractivity contribution in [1.29, 1.82) is 0 Å². The Hall–Kier alpha value is -7.41. The summed E-state index contributed by atoms with van der Waals surface area (Å²) in [4.78, 5) is 15.4. The molecular weight excluding hydrogens is 717 g/mol. The van der Waals surface area contributed by atoms with Crippen LogP contribution in [-0.2, 0) is 0 Å². The van der Waals surface area contributed by atoms with Crippen molar-refractivity contribution in [3.05, 3.63) is 182 Å². The van der Waals surface area contributed by atoms with E-state index in [1.807, 2.05) is 36.4 Å². The van der Waals surface area contributed by atoms with Gasteiger partial charge in [-0.1, -0.05) is 109 Å². The predicted octanol–water partition coefficient (Wildman–Crippen LogP) is 13.9. The van der Waals surface area contributed by atoms with Gasteiger partial charge in [0.1, 0.15) is 11.2 Å².